The molecule has 130 valence electrons. The minimum absolute atomic E-state index is 0.138. The number of aromatic nitrogens is 3. The number of hydrogen-bond donors (Lipinski definition) is 1. The number of carbonyl (C=O) groups excluding carboxylic acids is 1. The van der Waals surface area contributed by atoms with Gasteiger partial charge in [-0.05, 0) is 26.3 Å². The molecule has 2 aromatic heterocycles. The van der Waals surface area contributed by atoms with Gasteiger partial charge in [0.2, 0.25) is 5.89 Å². The Hall–Kier alpha value is -2.42. The smallest absolute Gasteiger partial charge is 0.323 e. The van der Waals surface area contributed by atoms with Crippen LogP contribution in [-0.4, -0.2) is 57.3 Å². The van der Waals surface area contributed by atoms with Crippen LogP contribution in [0.1, 0.15) is 31.0 Å². The van der Waals surface area contributed by atoms with Gasteiger partial charge in [0.25, 0.3) is 0 Å². The lowest BCUT2D eigenvalue weighted by Crippen LogP contribution is -2.37. The Morgan fingerprint density at radius 3 is 3.00 bits per heavy atom. The minimum atomic E-state index is -0.138. The molecule has 0 unspecified atom stereocenters. The van der Waals surface area contributed by atoms with Crippen molar-refractivity contribution < 1.29 is 13.8 Å². The molecule has 0 radical (unpaired) electrons. The van der Waals surface area contributed by atoms with E-state index in [1.807, 2.05) is 4.90 Å². The van der Waals surface area contributed by atoms with Crippen molar-refractivity contribution in [2.75, 3.05) is 25.5 Å². The molecule has 0 aromatic carbocycles. The van der Waals surface area contributed by atoms with E-state index in [1.165, 1.54) is 6.26 Å². The van der Waals surface area contributed by atoms with Crippen molar-refractivity contribution in [2.45, 2.75) is 38.8 Å². The second-order valence-electron chi connectivity index (χ2n) is 6.03. The van der Waals surface area contributed by atoms with Crippen LogP contribution in [0.4, 0.5) is 10.6 Å². The molecule has 0 bridgehead atoms. The average Bonchev–Trinajstić information content (AvgIpc) is 3.12. The van der Waals surface area contributed by atoms with Crippen LogP contribution >= 0.6 is 0 Å². The molecule has 3 rings (SSSR count). The van der Waals surface area contributed by atoms with Crippen LogP contribution < -0.4 is 5.32 Å². The van der Waals surface area contributed by atoms with Gasteiger partial charge in [-0.15, -0.1) is 0 Å². The molecule has 9 heteroatoms. The highest BCUT2D eigenvalue weighted by Crippen LogP contribution is 2.18. The number of rotatable bonds is 4. The highest BCUT2D eigenvalue weighted by molar-refractivity contribution is 5.88. The zero-order chi connectivity index (χ0) is 16.9. The molecule has 0 spiro atoms. The Balaban J connectivity index is 1.51. The van der Waals surface area contributed by atoms with E-state index >= 15 is 0 Å². The minimum Gasteiger partial charge on any atom is -0.363 e. The third-order valence-electron chi connectivity index (χ3n) is 4.24. The number of carbonyl (C=O) groups is 1. The molecule has 2 aromatic rings. The zero-order valence-corrected chi connectivity index (χ0v) is 13.9. The predicted molar refractivity (Wildman–Crippen MR) is 85.2 cm³/mol. The summed E-state index contributed by atoms with van der Waals surface area (Å²) in [5, 5.41) is 10.4. The Kier molecular flexibility index (Phi) is 5.09. The molecule has 0 aliphatic carbocycles. The summed E-state index contributed by atoms with van der Waals surface area (Å²) in [6, 6.07) is 1.87. The lowest BCUT2D eigenvalue weighted by molar-refractivity contribution is 0.197. The fraction of sp³-hybridized carbons (Fsp3) is 0.600. The van der Waals surface area contributed by atoms with Gasteiger partial charge in [-0.1, -0.05) is 10.3 Å². The number of amides is 2. The quantitative estimate of drug-likeness (QED) is 0.911. The van der Waals surface area contributed by atoms with Crippen LogP contribution in [0.15, 0.2) is 21.4 Å². The van der Waals surface area contributed by atoms with Gasteiger partial charge >= 0.3 is 6.03 Å². The number of nitrogens with one attached hydrogen (secondary N) is 1. The number of likely N-dealkylation sites (tertiary alicyclic amines) is 1. The van der Waals surface area contributed by atoms with Crippen LogP contribution in [0.2, 0.25) is 0 Å². The van der Waals surface area contributed by atoms with Crippen molar-refractivity contribution in [1.29, 1.82) is 0 Å². The van der Waals surface area contributed by atoms with E-state index in [-0.39, 0.29) is 6.03 Å². The monoisotopic (exact) mass is 334 g/mol. The molecule has 1 atom stereocenters. The van der Waals surface area contributed by atoms with Crippen molar-refractivity contribution in [3.63, 3.8) is 0 Å². The summed E-state index contributed by atoms with van der Waals surface area (Å²) in [5.74, 6) is 1.71. The van der Waals surface area contributed by atoms with Gasteiger partial charge in [0.1, 0.15) is 6.26 Å². The molecule has 1 saturated heterocycles. The first-order valence-electron chi connectivity index (χ1n) is 8.07. The van der Waals surface area contributed by atoms with Gasteiger partial charge in [0, 0.05) is 32.1 Å². The van der Waals surface area contributed by atoms with Crippen molar-refractivity contribution >= 4 is 11.8 Å². The summed E-state index contributed by atoms with van der Waals surface area (Å²) in [6.45, 7) is 3.86. The second kappa shape index (κ2) is 7.43. The summed E-state index contributed by atoms with van der Waals surface area (Å²) < 4.78 is 9.74. The number of aryl methyl sites for hydroxylation is 1. The predicted octanol–water partition coefficient (Wildman–Crippen LogP) is 1.88. The zero-order valence-electron chi connectivity index (χ0n) is 13.9. The molecule has 1 aliphatic heterocycles. The molecule has 1 N–H and O–H groups in total. The molecule has 2 amide bonds. The largest absolute Gasteiger partial charge is 0.363 e. The van der Waals surface area contributed by atoms with E-state index in [9.17, 15) is 4.79 Å². The highest BCUT2D eigenvalue weighted by Gasteiger charge is 2.24. The van der Waals surface area contributed by atoms with Crippen molar-refractivity contribution in [2.24, 2.45) is 0 Å². The van der Waals surface area contributed by atoms with Crippen molar-refractivity contribution in [1.82, 2.24) is 25.1 Å². The first kappa shape index (κ1) is 16.4. The summed E-state index contributed by atoms with van der Waals surface area (Å²) in [7, 11) is 2.06. The second-order valence-corrected chi connectivity index (χ2v) is 6.03. The number of urea groups is 1. The maximum atomic E-state index is 12.3. The fourth-order valence-corrected chi connectivity index (χ4v) is 2.95. The van der Waals surface area contributed by atoms with Gasteiger partial charge < -0.3 is 13.9 Å². The summed E-state index contributed by atoms with van der Waals surface area (Å²) in [6.07, 6.45) is 4.32. The lowest BCUT2D eigenvalue weighted by atomic mass is 10.1. The van der Waals surface area contributed by atoms with Gasteiger partial charge in [-0.25, -0.2) is 4.79 Å². The third-order valence-corrected chi connectivity index (χ3v) is 4.24. The summed E-state index contributed by atoms with van der Waals surface area (Å²) in [5.41, 5.74) is 0. The van der Waals surface area contributed by atoms with E-state index in [0.717, 1.165) is 25.8 Å². The van der Waals surface area contributed by atoms with E-state index in [2.05, 4.69) is 32.6 Å². The summed E-state index contributed by atoms with van der Waals surface area (Å²) >= 11 is 0. The van der Waals surface area contributed by atoms with Gasteiger partial charge in [0.05, 0.1) is 6.54 Å². The normalized spacial score (nSPS) is 18.6. The number of anilines is 1. The lowest BCUT2D eigenvalue weighted by Gasteiger charge is -2.26. The van der Waals surface area contributed by atoms with E-state index < -0.39 is 0 Å². The Morgan fingerprint density at radius 2 is 2.29 bits per heavy atom. The van der Waals surface area contributed by atoms with Crippen LogP contribution in [0, 0.1) is 6.92 Å². The van der Waals surface area contributed by atoms with Crippen molar-refractivity contribution in [3.8, 4) is 0 Å². The topological polar surface area (TPSA) is 101 Å². The average molecular weight is 334 g/mol. The Bertz CT molecular complexity index is 656. The number of hydrogen-bond acceptors (Lipinski definition) is 7. The van der Waals surface area contributed by atoms with Crippen molar-refractivity contribution in [3.05, 3.63) is 24.0 Å². The molecule has 3 heterocycles. The Labute approximate surface area is 140 Å². The van der Waals surface area contributed by atoms with Gasteiger partial charge in [-0.2, -0.15) is 4.98 Å². The highest BCUT2D eigenvalue weighted by atomic mass is 16.5. The molecule has 1 fully saturated rings. The SMILES string of the molecule is Cc1nc(CN(C)[C@@H]2CCCN(C(=O)Nc3ccon3)CC2)no1. The molecule has 1 aliphatic rings. The maximum Gasteiger partial charge on any atom is 0.323 e. The van der Waals surface area contributed by atoms with Crippen LogP contribution in [0.25, 0.3) is 0 Å². The van der Waals surface area contributed by atoms with Gasteiger partial charge in [-0.3, -0.25) is 10.2 Å². The summed E-state index contributed by atoms with van der Waals surface area (Å²) in [4.78, 5) is 20.6. The molecular formula is C15H22N6O3. The van der Waals surface area contributed by atoms with E-state index in [0.29, 0.717) is 36.7 Å². The first-order chi connectivity index (χ1) is 11.6. The van der Waals surface area contributed by atoms with Crippen LogP contribution in [0.5, 0.6) is 0 Å². The molecule has 0 saturated carbocycles. The van der Waals surface area contributed by atoms with Crippen LogP contribution in [0.3, 0.4) is 0 Å². The Morgan fingerprint density at radius 1 is 1.42 bits per heavy atom. The maximum absolute atomic E-state index is 12.3. The molecule has 9 nitrogen and oxygen atoms in total. The van der Waals surface area contributed by atoms with Gasteiger partial charge in [0.15, 0.2) is 11.6 Å². The number of nitrogens with zero attached hydrogens (tertiary/aromatic N) is 5. The molecule has 24 heavy (non-hydrogen) atoms. The standard InChI is InChI=1S/C15H22N6O3/c1-11-16-14(19-24-11)10-20(2)12-4-3-7-21(8-5-12)15(22)17-13-6-9-23-18-13/h6,9,12H,3-5,7-8,10H2,1-2H3,(H,17,18,22)/t12-/m1/s1. The van der Waals surface area contributed by atoms with E-state index in [1.54, 1.807) is 13.0 Å². The third kappa shape index (κ3) is 4.10. The van der Waals surface area contributed by atoms with E-state index in [4.69, 9.17) is 9.05 Å². The first-order valence-corrected chi connectivity index (χ1v) is 8.07. The molecular weight excluding hydrogens is 312 g/mol. The fourth-order valence-electron chi connectivity index (χ4n) is 2.95. The van der Waals surface area contributed by atoms with Crippen LogP contribution in [-0.2, 0) is 6.54 Å².